The number of hydrogen-bond donors (Lipinski definition) is 0. The van der Waals surface area contributed by atoms with Gasteiger partial charge in [-0.05, 0) is 47.2 Å². The van der Waals surface area contributed by atoms with E-state index >= 15 is 0 Å². The second kappa shape index (κ2) is 11.0. The van der Waals surface area contributed by atoms with Crippen LogP contribution in [0, 0.1) is 0 Å². The number of fused-ring (bicyclic) bond motifs is 1. The van der Waals surface area contributed by atoms with Crippen LogP contribution in [0.25, 0.3) is 10.8 Å². The molecule has 0 spiro atoms. The summed E-state index contributed by atoms with van der Waals surface area (Å²) in [6.07, 6.45) is 0. The summed E-state index contributed by atoms with van der Waals surface area (Å²) in [4.78, 5) is 15.1. The number of aromatic nitrogens is 2. The molecule has 0 radical (unpaired) electrons. The molecule has 0 aliphatic carbocycles. The van der Waals surface area contributed by atoms with Gasteiger partial charge in [0.05, 0.1) is 12.9 Å². The van der Waals surface area contributed by atoms with E-state index < -0.39 is 0 Å². The lowest BCUT2D eigenvalue weighted by molar-refractivity contribution is -0.115. The minimum atomic E-state index is -0.105. The van der Waals surface area contributed by atoms with Gasteiger partial charge in [0.2, 0.25) is 5.91 Å². The minimum Gasteiger partial charge on any atom is -0.493 e. The van der Waals surface area contributed by atoms with Gasteiger partial charge in [-0.15, -0.1) is 10.2 Å². The number of benzene rings is 4. The van der Waals surface area contributed by atoms with Crippen molar-refractivity contribution in [2.75, 3.05) is 17.8 Å². The summed E-state index contributed by atoms with van der Waals surface area (Å²) in [5.41, 5.74) is 1.58. The molecule has 0 aliphatic heterocycles. The van der Waals surface area contributed by atoms with Crippen molar-refractivity contribution in [1.29, 1.82) is 0 Å². The van der Waals surface area contributed by atoms with Gasteiger partial charge in [-0.25, -0.2) is 0 Å². The molecule has 5 aromatic rings. The van der Waals surface area contributed by atoms with Gasteiger partial charge >= 0.3 is 0 Å². The summed E-state index contributed by atoms with van der Waals surface area (Å²) in [7, 11) is 1.58. The summed E-state index contributed by atoms with van der Waals surface area (Å²) < 4.78 is 16.7. The van der Waals surface area contributed by atoms with E-state index in [4.69, 9.17) is 13.9 Å². The first-order valence-corrected chi connectivity index (χ1v) is 12.3. The number of carbonyl (C=O) groups is 1. The van der Waals surface area contributed by atoms with Gasteiger partial charge in [0.15, 0.2) is 18.1 Å². The second-order valence-corrected chi connectivity index (χ2v) is 8.71. The minimum absolute atomic E-state index is 0.0924. The van der Waals surface area contributed by atoms with Crippen LogP contribution in [0.2, 0.25) is 0 Å². The van der Waals surface area contributed by atoms with Crippen molar-refractivity contribution in [1.82, 2.24) is 10.2 Å². The van der Waals surface area contributed by atoms with Crippen LogP contribution < -0.4 is 14.4 Å². The van der Waals surface area contributed by atoms with E-state index in [2.05, 4.69) is 10.2 Å². The number of anilines is 2. The number of thioether (sulfide) groups is 1. The second-order valence-electron chi connectivity index (χ2n) is 7.79. The maximum atomic E-state index is 13.4. The van der Waals surface area contributed by atoms with E-state index in [-0.39, 0.29) is 18.3 Å². The molecule has 0 saturated carbocycles. The molecular formula is C28H23N3O4S. The number of hydrogen-bond acceptors (Lipinski definition) is 7. The quantitative estimate of drug-likeness (QED) is 0.222. The first-order valence-electron chi connectivity index (χ1n) is 11.3. The Kier molecular flexibility index (Phi) is 7.14. The Morgan fingerprint density at radius 2 is 1.56 bits per heavy atom. The van der Waals surface area contributed by atoms with Crippen LogP contribution in [0.1, 0.15) is 5.89 Å². The highest BCUT2D eigenvalue weighted by atomic mass is 32.2. The fraction of sp³-hybridized carbons (Fsp3) is 0.107. The lowest BCUT2D eigenvalue weighted by Crippen LogP contribution is -2.27. The molecule has 1 aromatic heterocycles. The first-order chi connectivity index (χ1) is 17.7. The van der Waals surface area contributed by atoms with Crippen molar-refractivity contribution in [2.45, 2.75) is 11.8 Å². The Balaban J connectivity index is 1.29. The number of methoxy groups -OCH3 is 1. The number of nitrogens with zero attached hydrogens (tertiary/aromatic N) is 3. The average molecular weight is 498 g/mol. The number of para-hydroxylation sites is 3. The van der Waals surface area contributed by atoms with Gasteiger partial charge in [-0.2, -0.15) is 0 Å². The molecule has 0 unspecified atom stereocenters. The average Bonchev–Trinajstić information content (AvgIpc) is 3.39. The summed E-state index contributed by atoms with van der Waals surface area (Å²) in [5.74, 6) is 1.52. The monoisotopic (exact) mass is 497 g/mol. The van der Waals surface area contributed by atoms with Gasteiger partial charge in [-0.1, -0.05) is 72.4 Å². The Bertz CT molecular complexity index is 1470. The zero-order valence-corrected chi connectivity index (χ0v) is 20.4. The summed E-state index contributed by atoms with van der Waals surface area (Å²) in [6.45, 7) is 0.0924. The third kappa shape index (κ3) is 5.34. The van der Waals surface area contributed by atoms with Gasteiger partial charge in [0.1, 0.15) is 0 Å². The van der Waals surface area contributed by atoms with Crippen LogP contribution in [-0.2, 0) is 11.4 Å². The largest absolute Gasteiger partial charge is 0.493 e. The molecule has 36 heavy (non-hydrogen) atoms. The van der Waals surface area contributed by atoms with Crippen LogP contribution in [0.15, 0.2) is 107 Å². The highest BCUT2D eigenvalue weighted by Gasteiger charge is 2.20. The maximum absolute atomic E-state index is 13.4. The highest BCUT2D eigenvalue weighted by Crippen LogP contribution is 2.31. The number of amides is 1. The van der Waals surface area contributed by atoms with Crippen molar-refractivity contribution in [2.24, 2.45) is 0 Å². The van der Waals surface area contributed by atoms with E-state index in [0.29, 0.717) is 22.6 Å². The van der Waals surface area contributed by atoms with E-state index in [9.17, 15) is 4.79 Å². The fourth-order valence-corrected chi connectivity index (χ4v) is 4.38. The Hall–Kier alpha value is -4.30. The molecule has 0 atom stereocenters. The van der Waals surface area contributed by atoms with Crippen molar-refractivity contribution in [3.8, 4) is 11.5 Å². The Morgan fingerprint density at radius 3 is 2.36 bits per heavy atom. The molecule has 180 valence electrons. The fourth-order valence-electron chi connectivity index (χ4n) is 3.75. The third-order valence-corrected chi connectivity index (χ3v) is 6.25. The third-order valence-electron chi connectivity index (χ3n) is 5.44. The van der Waals surface area contributed by atoms with Crippen LogP contribution in [0.5, 0.6) is 11.5 Å². The van der Waals surface area contributed by atoms with Crippen LogP contribution in [0.4, 0.5) is 11.4 Å². The van der Waals surface area contributed by atoms with Gasteiger partial charge in [-0.3, -0.25) is 9.69 Å². The zero-order valence-electron chi connectivity index (χ0n) is 19.5. The van der Waals surface area contributed by atoms with E-state index in [0.717, 1.165) is 22.1 Å². The smallest absolute Gasteiger partial charge is 0.277 e. The molecule has 1 heterocycles. The Morgan fingerprint density at radius 1 is 0.833 bits per heavy atom. The molecule has 1 amide bonds. The highest BCUT2D eigenvalue weighted by molar-refractivity contribution is 7.99. The van der Waals surface area contributed by atoms with Crippen molar-refractivity contribution in [3.63, 3.8) is 0 Å². The number of rotatable bonds is 9. The van der Waals surface area contributed by atoms with E-state index in [1.54, 1.807) is 18.1 Å². The molecule has 4 aromatic carbocycles. The first kappa shape index (κ1) is 23.4. The Labute approximate surface area is 212 Å². The van der Waals surface area contributed by atoms with Crippen LogP contribution in [-0.4, -0.2) is 29.0 Å². The predicted molar refractivity (Wildman–Crippen MR) is 140 cm³/mol. The molecule has 0 bridgehead atoms. The maximum Gasteiger partial charge on any atom is 0.277 e. The summed E-state index contributed by atoms with van der Waals surface area (Å²) in [6, 6.07) is 31.0. The molecular weight excluding hydrogens is 474 g/mol. The summed E-state index contributed by atoms with van der Waals surface area (Å²) >= 11 is 1.19. The van der Waals surface area contributed by atoms with Crippen molar-refractivity contribution < 1.29 is 18.7 Å². The van der Waals surface area contributed by atoms with Crippen LogP contribution >= 0.6 is 11.8 Å². The van der Waals surface area contributed by atoms with Crippen molar-refractivity contribution >= 4 is 39.8 Å². The SMILES string of the molecule is COc1ccccc1OCc1nnc(SCC(=O)N(c2ccccc2)c2ccc3ccccc3c2)o1. The lowest BCUT2D eigenvalue weighted by atomic mass is 10.1. The molecule has 5 rings (SSSR count). The molecule has 0 fully saturated rings. The topological polar surface area (TPSA) is 77.7 Å². The molecule has 0 saturated heterocycles. The lowest BCUT2D eigenvalue weighted by Gasteiger charge is -2.23. The van der Waals surface area contributed by atoms with Gasteiger partial charge < -0.3 is 13.9 Å². The molecule has 0 aliphatic rings. The van der Waals surface area contributed by atoms with E-state index in [1.165, 1.54) is 11.8 Å². The number of carbonyl (C=O) groups excluding carboxylic acids is 1. The van der Waals surface area contributed by atoms with Crippen molar-refractivity contribution in [3.05, 3.63) is 103 Å². The molecule has 7 nitrogen and oxygen atoms in total. The van der Waals surface area contributed by atoms with Gasteiger partial charge in [0, 0.05) is 11.4 Å². The van der Waals surface area contributed by atoms with Crippen LogP contribution in [0.3, 0.4) is 0 Å². The predicted octanol–water partition coefficient (Wildman–Crippen LogP) is 6.27. The normalized spacial score (nSPS) is 10.8. The van der Waals surface area contributed by atoms with E-state index in [1.807, 2.05) is 91.0 Å². The zero-order chi connectivity index (χ0) is 24.7. The molecule has 8 heteroatoms. The molecule has 0 N–H and O–H groups in total. The summed E-state index contributed by atoms with van der Waals surface area (Å²) in [5, 5.41) is 10.6. The van der Waals surface area contributed by atoms with Gasteiger partial charge in [0.25, 0.3) is 11.1 Å². The number of ether oxygens (including phenoxy) is 2. The standard InChI is InChI=1S/C28H23N3O4S/c1-33-24-13-7-8-14-25(24)34-18-26-29-30-28(35-26)36-19-27(32)31(22-11-3-2-4-12-22)23-16-15-20-9-5-6-10-21(20)17-23/h2-17H,18-19H2,1H3.